The summed E-state index contributed by atoms with van der Waals surface area (Å²) < 4.78 is 1.92. The van der Waals surface area contributed by atoms with E-state index in [0.717, 1.165) is 18.8 Å². The molecule has 4 heteroatoms. The predicted octanol–water partition coefficient (Wildman–Crippen LogP) is 2.94. The summed E-state index contributed by atoms with van der Waals surface area (Å²) in [5, 5.41) is 7.71. The van der Waals surface area contributed by atoms with Crippen molar-refractivity contribution in [1.29, 1.82) is 0 Å². The van der Waals surface area contributed by atoms with Gasteiger partial charge in [-0.05, 0) is 29.3 Å². The van der Waals surface area contributed by atoms with Crippen LogP contribution in [0.2, 0.25) is 0 Å². The average molecular weight is 264 g/mol. The molecular formula is C16H16N4. The molecule has 100 valence electrons. The molecule has 2 heterocycles. The lowest BCUT2D eigenvalue weighted by molar-refractivity contribution is 0.687. The van der Waals surface area contributed by atoms with Gasteiger partial charge in [-0.3, -0.25) is 9.67 Å². The molecule has 0 aliphatic heterocycles. The summed E-state index contributed by atoms with van der Waals surface area (Å²) >= 11 is 0. The summed E-state index contributed by atoms with van der Waals surface area (Å²) in [5.41, 5.74) is 3.52. The van der Waals surface area contributed by atoms with Gasteiger partial charge in [0.15, 0.2) is 0 Å². The van der Waals surface area contributed by atoms with Gasteiger partial charge in [-0.15, -0.1) is 0 Å². The summed E-state index contributed by atoms with van der Waals surface area (Å²) in [5.74, 6) is 0. The third-order valence-corrected chi connectivity index (χ3v) is 3.11. The zero-order valence-corrected chi connectivity index (χ0v) is 11.1. The van der Waals surface area contributed by atoms with Crippen LogP contribution in [0.25, 0.3) is 0 Å². The molecule has 3 rings (SSSR count). The SMILES string of the molecule is c1cncc(CNc2ccccc2Cn2cccn2)c1. The predicted molar refractivity (Wildman–Crippen MR) is 79.3 cm³/mol. The van der Waals surface area contributed by atoms with Crippen LogP contribution in [0, 0.1) is 0 Å². The topological polar surface area (TPSA) is 42.7 Å². The molecule has 0 saturated carbocycles. The first-order valence-corrected chi connectivity index (χ1v) is 6.60. The van der Waals surface area contributed by atoms with E-state index >= 15 is 0 Å². The van der Waals surface area contributed by atoms with E-state index in [1.165, 1.54) is 11.1 Å². The highest BCUT2D eigenvalue weighted by Gasteiger charge is 2.02. The Hall–Kier alpha value is -2.62. The molecule has 1 N–H and O–H groups in total. The third-order valence-electron chi connectivity index (χ3n) is 3.11. The van der Waals surface area contributed by atoms with Gasteiger partial charge >= 0.3 is 0 Å². The van der Waals surface area contributed by atoms with Gasteiger partial charge in [-0.25, -0.2) is 0 Å². The number of hydrogen-bond acceptors (Lipinski definition) is 3. The van der Waals surface area contributed by atoms with Crippen molar-refractivity contribution in [2.75, 3.05) is 5.32 Å². The molecule has 0 spiro atoms. The van der Waals surface area contributed by atoms with Crippen molar-refractivity contribution in [3.8, 4) is 0 Å². The summed E-state index contributed by atoms with van der Waals surface area (Å²) in [6.07, 6.45) is 7.43. The molecule has 0 fully saturated rings. The van der Waals surface area contributed by atoms with E-state index in [9.17, 15) is 0 Å². The highest BCUT2D eigenvalue weighted by molar-refractivity contribution is 5.51. The van der Waals surface area contributed by atoms with Crippen molar-refractivity contribution in [3.63, 3.8) is 0 Å². The van der Waals surface area contributed by atoms with Crippen molar-refractivity contribution in [1.82, 2.24) is 14.8 Å². The molecule has 1 aromatic carbocycles. The molecule has 0 bridgehead atoms. The zero-order chi connectivity index (χ0) is 13.6. The summed E-state index contributed by atoms with van der Waals surface area (Å²) in [6.45, 7) is 1.53. The Balaban J connectivity index is 1.73. The summed E-state index contributed by atoms with van der Waals surface area (Å²) in [4.78, 5) is 4.13. The molecule has 0 radical (unpaired) electrons. The molecule has 2 aromatic heterocycles. The van der Waals surface area contributed by atoms with Crippen LogP contribution < -0.4 is 5.32 Å². The maximum Gasteiger partial charge on any atom is 0.0679 e. The Labute approximate surface area is 118 Å². The fourth-order valence-corrected chi connectivity index (χ4v) is 2.10. The van der Waals surface area contributed by atoms with E-state index < -0.39 is 0 Å². The fourth-order valence-electron chi connectivity index (χ4n) is 2.10. The molecule has 0 unspecified atom stereocenters. The molecule has 0 saturated heterocycles. The van der Waals surface area contributed by atoms with Crippen LogP contribution in [0.5, 0.6) is 0 Å². The lowest BCUT2D eigenvalue weighted by Gasteiger charge is -2.12. The van der Waals surface area contributed by atoms with Gasteiger partial charge in [-0.2, -0.15) is 5.10 Å². The molecule has 3 aromatic rings. The Morgan fingerprint density at radius 1 is 1.00 bits per heavy atom. The number of pyridine rings is 1. The number of nitrogens with zero attached hydrogens (tertiary/aromatic N) is 3. The first-order chi connectivity index (χ1) is 9.92. The highest BCUT2D eigenvalue weighted by Crippen LogP contribution is 2.17. The molecule has 0 amide bonds. The number of aromatic nitrogens is 3. The minimum atomic E-state index is 0.767. The van der Waals surface area contributed by atoms with Crippen LogP contribution in [0.1, 0.15) is 11.1 Å². The van der Waals surface area contributed by atoms with Gasteiger partial charge in [0.2, 0.25) is 0 Å². The number of benzene rings is 1. The summed E-state index contributed by atoms with van der Waals surface area (Å²) in [7, 11) is 0. The van der Waals surface area contributed by atoms with Crippen molar-refractivity contribution >= 4 is 5.69 Å². The second-order valence-corrected chi connectivity index (χ2v) is 4.58. The van der Waals surface area contributed by atoms with Gasteiger partial charge < -0.3 is 5.32 Å². The van der Waals surface area contributed by atoms with Crippen molar-refractivity contribution in [2.45, 2.75) is 13.1 Å². The molecule has 20 heavy (non-hydrogen) atoms. The van der Waals surface area contributed by atoms with E-state index in [1.54, 1.807) is 12.4 Å². The van der Waals surface area contributed by atoms with Crippen LogP contribution in [0.3, 0.4) is 0 Å². The molecule has 0 atom stereocenters. The quantitative estimate of drug-likeness (QED) is 0.770. The first kappa shape index (κ1) is 12.4. The van der Waals surface area contributed by atoms with E-state index in [0.29, 0.717) is 0 Å². The number of anilines is 1. The van der Waals surface area contributed by atoms with E-state index in [1.807, 2.05) is 41.3 Å². The van der Waals surface area contributed by atoms with Crippen LogP contribution in [-0.2, 0) is 13.1 Å². The van der Waals surface area contributed by atoms with Crippen LogP contribution >= 0.6 is 0 Å². The number of hydrogen-bond donors (Lipinski definition) is 1. The minimum Gasteiger partial charge on any atom is -0.381 e. The Kier molecular flexibility index (Phi) is 3.73. The molecule has 0 aliphatic rings. The monoisotopic (exact) mass is 264 g/mol. The molecule has 4 nitrogen and oxygen atoms in total. The lowest BCUT2D eigenvalue weighted by Crippen LogP contribution is -2.06. The minimum absolute atomic E-state index is 0.767. The van der Waals surface area contributed by atoms with E-state index in [2.05, 4.69) is 33.6 Å². The Morgan fingerprint density at radius 3 is 2.75 bits per heavy atom. The van der Waals surface area contributed by atoms with Crippen molar-refractivity contribution in [2.24, 2.45) is 0 Å². The van der Waals surface area contributed by atoms with Gasteiger partial charge in [-0.1, -0.05) is 24.3 Å². The van der Waals surface area contributed by atoms with Crippen LogP contribution in [-0.4, -0.2) is 14.8 Å². The van der Waals surface area contributed by atoms with E-state index in [4.69, 9.17) is 0 Å². The normalized spacial score (nSPS) is 10.4. The smallest absolute Gasteiger partial charge is 0.0679 e. The van der Waals surface area contributed by atoms with Gasteiger partial charge in [0.1, 0.15) is 0 Å². The fraction of sp³-hybridized carbons (Fsp3) is 0.125. The third kappa shape index (κ3) is 3.03. The maximum absolute atomic E-state index is 4.25. The van der Waals surface area contributed by atoms with Gasteiger partial charge in [0.25, 0.3) is 0 Å². The standard InChI is InChI=1S/C16H16N4/c1-2-7-16(18-12-14-5-3-8-17-11-14)15(6-1)13-20-10-4-9-19-20/h1-11,18H,12-13H2. The second-order valence-electron chi connectivity index (χ2n) is 4.58. The van der Waals surface area contributed by atoms with Crippen LogP contribution in [0.15, 0.2) is 67.3 Å². The zero-order valence-electron chi connectivity index (χ0n) is 11.1. The molecule has 0 aliphatic carbocycles. The average Bonchev–Trinajstić information content (AvgIpc) is 3.00. The van der Waals surface area contributed by atoms with Gasteiger partial charge in [0, 0.05) is 37.0 Å². The van der Waals surface area contributed by atoms with E-state index in [-0.39, 0.29) is 0 Å². The Morgan fingerprint density at radius 2 is 1.95 bits per heavy atom. The summed E-state index contributed by atoms with van der Waals surface area (Å²) in [6, 6.07) is 14.3. The van der Waals surface area contributed by atoms with Crippen molar-refractivity contribution in [3.05, 3.63) is 78.4 Å². The van der Waals surface area contributed by atoms with Crippen LogP contribution in [0.4, 0.5) is 5.69 Å². The largest absolute Gasteiger partial charge is 0.381 e. The Bertz CT molecular complexity index is 647. The number of para-hydroxylation sites is 1. The van der Waals surface area contributed by atoms with Gasteiger partial charge in [0.05, 0.1) is 6.54 Å². The lowest BCUT2D eigenvalue weighted by atomic mass is 10.1. The first-order valence-electron chi connectivity index (χ1n) is 6.60. The number of rotatable bonds is 5. The van der Waals surface area contributed by atoms with Crippen molar-refractivity contribution < 1.29 is 0 Å². The second kappa shape index (κ2) is 6.02. The molecular weight excluding hydrogens is 248 g/mol. The maximum atomic E-state index is 4.25. The number of nitrogens with one attached hydrogen (secondary N) is 1. The highest BCUT2D eigenvalue weighted by atomic mass is 15.3.